The Morgan fingerprint density at radius 3 is 1.38 bits per heavy atom. The van der Waals surface area contributed by atoms with Gasteiger partial charge in [0.25, 0.3) is 7.82 Å². The number of hydrogen-bond donors (Lipinski definition) is 0. The molecule has 0 aromatic carbocycles. The minimum Gasteiger partial charge on any atom is -0.756 e. The van der Waals surface area contributed by atoms with E-state index in [1.54, 1.807) is 0 Å². The molecule has 0 saturated carbocycles. The molecule has 0 fully saturated rings. The van der Waals surface area contributed by atoms with Crippen LogP contribution in [0, 0.1) is 0 Å². The van der Waals surface area contributed by atoms with Gasteiger partial charge in [0.15, 0.2) is 0 Å². The van der Waals surface area contributed by atoms with Crippen LogP contribution in [0.3, 0.4) is 0 Å². The maximum atomic E-state index is 12.6. The summed E-state index contributed by atoms with van der Waals surface area (Å²) in [4.78, 5) is 25.0. The Kier molecular flexibility index (Phi) is 35.7. The van der Waals surface area contributed by atoms with Crippen molar-refractivity contribution >= 4 is 13.8 Å². The number of phosphoric acid groups is 1. The van der Waals surface area contributed by atoms with E-state index in [1.807, 2.05) is 33.3 Å². The van der Waals surface area contributed by atoms with Crippen LogP contribution in [0.15, 0.2) is 122 Å². The first-order valence-electron chi connectivity index (χ1n) is 20.3. The highest BCUT2D eigenvalue weighted by atomic mass is 31.2. The molecular weight excluding hydrogens is 709 g/mol. The van der Waals surface area contributed by atoms with Crippen molar-refractivity contribution in [2.24, 2.45) is 0 Å². The maximum absolute atomic E-state index is 12.6. The minimum absolute atomic E-state index is 0.00547. The van der Waals surface area contributed by atoms with Crippen molar-refractivity contribution in [2.45, 2.75) is 110 Å². The molecule has 0 amide bonds. The largest absolute Gasteiger partial charge is 0.756 e. The first-order chi connectivity index (χ1) is 26.6. The van der Waals surface area contributed by atoms with E-state index < -0.39 is 19.9 Å². The van der Waals surface area contributed by atoms with E-state index in [0.29, 0.717) is 24.1 Å². The molecule has 0 heterocycles. The van der Waals surface area contributed by atoms with E-state index in [0.717, 1.165) is 77.0 Å². The van der Waals surface area contributed by atoms with Crippen molar-refractivity contribution in [1.82, 2.24) is 0 Å². The number of carbonyl (C=O) groups is 1. The number of quaternary nitrogens is 1. The number of allylic oxidation sites excluding steroid dienone is 20. The molecule has 0 aromatic heterocycles. The highest BCUT2D eigenvalue weighted by Gasteiger charge is 2.20. The van der Waals surface area contributed by atoms with E-state index in [1.165, 1.54) is 0 Å². The quantitative estimate of drug-likeness (QED) is 0.0208. The molecule has 0 spiro atoms. The molecule has 0 aliphatic heterocycles. The van der Waals surface area contributed by atoms with Crippen LogP contribution in [0.4, 0.5) is 0 Å². The molecule has 0 aromatic rings. The summed E-state index contributed by atoms with van der Waals surface area (Å²) in [7, 11) is 1.25. The summed E-state index contributed by atoms with van der Waals surface area (Å²) in [5.41, 5.74) is 0. The molecule has 0 aliphatic rings. The first-order valence-corrected chi connectivity index (χ1v) is 21.7. The molecular formula is C46H74NO7P. The average Bonchev–Trinajstić information content (AvgIpc) is 3.13. The van der Waals surface area contributed by atoms with Gasteiger partial charge in [-0.2, -0.15) is 0 Å². The summed E-state index contributed by atoms with van der Waals surface area (Å²) >= 11 is 0. The molecule has 0 bridgehead atoms. The van der Waals surface area contributed by atoms with Crippen LogP contribution in [0.2, 0.25) is 0 Å². The fourth-order valence-corrected chi connectivity index (χ4v) is 5.18. The second-order valence-corrected chi connectivity index (χ2v) is 15.3. The van der Waals surface area contributed by atoms with Crippen molar-refractivity contribution in [3.63, 3.8) is 0 Å². The van der Waals surface area contributed by atoms with Gasteiger partial charge in [-0.3, -0.25) is 9.36 Å². The smallest absolute Gasteiger partial charge is 0.306 e. The summed E-state index contributed by atoms with van der Waals surface area (Å²) in [6.45, 7) is 4.87. The summed E-state index contributed by atoms with van der Waals surface area (Å²) in [6, 6.07) is 0. The lowest BCUT2D eigenvalue weighted by molar-refractivity contribution is -0.870. The minimum atomic E-state index is -4.57. The van der Waals surface area contributed by atoms with Gasteiger partial charge in [-0.25, -0.2) is 0 Å². The molecule has 0 N–H and O–H groups in total. The Hall–Kier alpha value is -3.10. The van der Waals surface area contributed by atoms with Gasteiger partial charge >= 0.3 is 5.97 Å². The van der Waals surface area contributed by atoms with Gasteiger partial charge in [0.05, 0.1) is 34.4 Å². The normalized spacial score (nSPS) is 15.1. The Morgan fingerprint density at radius 2 is 0.964 bits per heavy atom. The maximum Gasteiger partial charge on any atom is 0.306 e. The monoisotopic (exact) mass is 784 g/mol. The van der Waals surface area contributed by atoms with Crippen LogP contribution in [0.1, 0.15) is 104 Å². The molecule has 310 valence electrons. The van der Waals surface area contributed by atoms with E-state index in [-0.39, 0.29) is 26.2 Å². The van der Waals surface area contributed by atoms with Gasteiger partial charge in [0.1, 0.15) is 19.3 Å². The van der Waals surface area contributed by atoms with Crippen molar-refractivity contribution in [3.05, 3.63) is 122 Å². The molecule has 0 aliphatic carbocycles. The van der Waals surface area contributed by atoms with Crippen molar-refractivity contribution < 1.29 is 37.3 Å². The zero-order valence-electron chi connectivity index (χ0n) is 34.8. The first kappa shape index (κ1) is 51.9. The number of nitrogens with zero attached hydrogens (tertiary/aromatic N) is 1. The van der Waals surface area contributed by atoms with Crippen LogP contribution < -0.4 is 4.89 Å². The third kappa shape index (κ3) is 41.9. The van der Waals surface area contributed by atoms with Gasteiger partial charge in [-0.05, 0) is 83.5 Å². The molecule has 55 heavy (non-hydrogen) atoms. The molecule has 0 saturated heterocycles. The number of unbranched alkanes of at least 4 members (excludes halogenated alkanes) is 1. The topological polar surface area (TPSA) is 94.1 Å². The highest BCUT2D eigenvalue weighted by Crippen LogP contribution is 2.38. The van der Waals surface area contributed by atoms with Gasteiger partial charge in [-0.1, -0.05) is 135 Å². The number of rotatable bonds is 35. The van der Waals surface area contributed by atoms with E-state index in [4.69, 9.17) is 18.5 Å². The van der Waals surface area contributed by atoms with Crippen molar-refractivity contribution in [1.29, 1.82) is 0 Å². The summed E-state index contributed by atoms with van der Waals surface area (Å²) < 4.78 is 34.3. The molecule has 0 radical (unpaired) electrons. The zero-order valence-corrected chi connectivity index (χ0v) is 35.7. The number of hydrogen-bond acceptors (Lipinski definition) is 7. The molecule has 2 unspecified atom stereocenters. The van der Waals surface area contributed by atoms with Gasteiger partial charge in [0.2, 0.25) is 0 Å². The molecule has 2 atom stereocenters. The summed E-state index contributed by atoms with van der Waals surface area (Å²) in [6.07, 6.45) is 53.9. The van der Waals surface area contributed by atoms with E-state index >= 15 is 0 Å². The summed E-state index contributed by atoms with van der Waals surface area (Å²) in [5.74, 6) is -0.441. The average molecular weight is 784 g/mol. The standard InChI is InChI=1S/C46H74NO7P/c1-6-8-10-12-14-16-18-20-22-23-24-25-26-27-29-31-33-35-37-39-46(48)54-45(44-53-55(49,50)52-42-40-47(3,4)5)43-51-41-38-36-34-32-30-28-21-19-17-15-13-11-9-7-2/h8-11,14-17,20-22,24-25,27-29,32-35,45H,6-7,12-13,18-19,23,26,30-31,36-44H2,1-5H3/b10-8-,11-9-,16-14-,17-15-,22-20-,25-24-,28-21-,29-27-,34-32-,35-33-. The lowest BCUT2D eigenvalue weighted by atomic mass is 10.2. The van der Waals surface area contributed by atoms with Gasteiger partial charge in [-0.15, -0.1) is 0 Å². The number of ether oxygens (including phenoxy) is 2. The fourth-order valence-electron chi connectivity index (χ4n) is 4.46. The third-order valence-electron chi connectivity index (χ3n) is 7.52. The van der Waals surface area contributed by atoms with E-state index in [9.17, 15) is 14.3 Å². The number of phosphoric ester groups is 1. The number of carbonyl (C=O) groups excluding carboxylic acids is 1. The van der Waals surface area contributed by atoms with Crippen LogP contribution in [0.5, 0.6) is 0 Å². The highest BCUT2D eigenvalue weighted by molar-refractivity contribution is 7.45. The van der Waals surface area contributed by atoms with E-state index in [2.05, 4.69) is 123 Å². The molecule has 9 heteroatoms. The molecule has 8 nitrogen and oxygen atoms in total. The lowest BCUT2D eigenvalue weighted by Crippen LogP contribution is -2.37. The number of esters is 1. The van der Waals surface area contributed by atoms with Crippen LogP contribution >= 0.6 is 7.82 Å². The zero-order chi connectivity index (χ0) is 40.6. The summed E-state index contributed by atoms with van der Waals surface area (Å²) in [5, 5.41) is 0. The molecule has 0 rings (SSSR count). The van der Waals surface area contributed by atoms with Gasteiger partial charge < -0.3 is 27.9 Å². The van der Waals surface area contributed by atoms with Crippen LogP contribution in [0.25, 0.3) is 0 Å². The predicted octanol–water partition coefficient (Wildman–Crippen LogP) is 11.2. The Morgan fingerprint density at radius 1 is 0.564 bits per heavy atom. The number of likely N-dealkylation sites (N-methyl/N-ethyl adjacent to an activating group) is 1. The van der Waals surface area contributed by atoms with Gasteiger partial charge in [0, 0.05) is 13.0 Å². The fraction of sp³-hybridized carbons (Fsp3) is 0.543. The Labute approximate surface area is 335 Å². The third-order valence-corrected chi connectivity index (χ3v) is 8.49. The predicted molar refractivity (Wildman–Crippen MR) is 230 cm³/mol. The van der Waals surface area contributed by atoms with Crippen LogP contribution in [-0.2, 0) is 27.9 Å². The van der Waals surface area contributed by atoms with Crippen LogP contribution in [-0.4, -0.2) is 70.7 Å². The Balaban J connectivity index is 4.53. The Bertz CT molecular complexity index is 1280. The second-order valence-electron chi connectivity index (χ2n) is 13.9. The van der Waals surface area contributed by atoms with Crippen molar-refractivity contribution in [2.75, 3.05) is 54.1 Å². The SMILES string of the molecule is CC/C=C\C/C=C\C/C=C\C/C=C\C/C=C\C/C=C\CCC(=O)OC(COCCC/C=C\C/C=C\C/C=C\C/C=C\CC)COP(=O)([O-])OCC[N+](C)(C)C. The van der Waals surface area contributed by atoms with Crippen molar-refractivity contribution in [3.8, 4) is 0 Å². The lowest BCUT2D eigenvalue weighted by Gasteiger charge is -2.28. The second kappa shape index (κ2) is 37.8.